The number of nitrogens with zero attached hydrogens (tertiary/aromatic N) is 1. The second kappa shape index (κ2) is 4.61. The molecule has 0 aliphatic carbocycles. The van der Waals surface area contributed by atoms with Gasteiger partial charge in [0.25, 0.3) is 0 Å². The van der Waals surface area contributed by atoms with Gasteiger partial charge in [-0.15, -0.1) is 0 Å². The first-order valence-electron chi connectivity index (χ1n) is 6.97. The van der Waals surface area contributed by atoms with Gasteiger partial charge in [-0.25, -0.2) is 0 Å². The van der Waals surface area contributed by atoms with Crippen LogP contribution in [0.1, 0.15) is 27.7 Å². The molecule has 1 aromatic carbocycles. The van der Waals surface area contributed by atoms with Crippen LogP contribution < -0.4 is 11.2 Å². The van der Waals surface area contributed by atoms with Crippen molar-refractivity contribution in [1.82, 2.24) is 5.16 Å². The van der Waals surface area contributed by atoms with Gasteiger partial charge in [0, 0.05) is 11.6 Å². The van der Waals surface area contributed by atoms with Crippen molar-refractivity contribution in [2.75, 3.05) is 5.73 Å². The minimum absolute atomic E-state index is 0.306. The van der Waals surface area contributed by atoms with Crippen LogP contribution in [0.5, 0.6) is 0 Å². The molecule has 5 nitrogen and oxygen atoms in total. The minimum atomic E-state index is -0.355. The number of anilines is 1. The van der Waals surface area contributed by atoms with E-state index in [0.717, 1.165) is 11.0 Å². The van der Waals surface area contributed by atoms with Crippen molar-refractivity contribution >= 4 is 18.5 Å². The van der Waals surface area contributed by atoms with Gasteiger partial charge >= 0.3 is 7.12 Å². The molecule has 0 unspecified atom stereocenters. The average molecular weight is 286 g/mol. The smallest absolute Gasteiger partial charge is 0.399 e. The summed E-state index contributed by atoms with van der Waals surface area (Å²) in [5.74, 6) is 0.306. The van der Waals surface area contributed by atoms with Crippen LogP contribution in [0, 0.1) is 0 Å². The zero-order valence-corrected chi connectivity index (χ0v) is 12.7. The maximum absolute atomic E-state index is 6.02. The maximum atomic E-state index is 6.02. The van der Waals surface area contributed by atoms with Gasteiger partial charge in [-0.05, 0) is 33.2 Å². The summed E-state index contributed by atoms with van der Waals surface area (Å²) >= 11 is 0. The molecule has 0 bridgehead atoms. The Labute approximate surface area is 124 Å². The Morgan fingerprint density at radius 3 is 2.05 bits per heavy atom. The molecule has 3 rings (SSSR count). The molecule has 1 aliphatic heterocycles. The lowest BCUT2D eigenvalue weighted by Crippen LogP contribution is -2.41. The fraction of sp³-hybridized carbons (Fsp3) is 0.400. The van der Waals surface area contributed by atoms with Crippen LogP contribution in [0.4, 0.5) is 5.88 Å². The summed E-state index contributed by atoms with van der Waals surface area (Å²) in [6.07, 6.45) is 0. The molecule has 21 heavy (non-hydrogen) atoms. The first-order chi connectivity index (χ1) is 9.78. The van der Waals surface area contributed by atoms with Crippen molar-refractivity contribution in [3.05, 3.63) is 30.3 Å². The van der Waals surface area contributed by atoms with Gasteiger partial charge in [0.2, 0.25) is 5.88 Å². The highest BCUT2D eigenvalue weighted by atomic mass is 16.7. The second-order valence-corrected chi connectivity index (χ2v) is 6.32. The van der Waals surface area contributed by atoms with Gasteiger partial charge < -0.3 is 19.6 Å². The summed E-state index contributed by atoms with van der Waals surface area (Å²) in [6.45, 7) is 8.16. The molecule has 0 atom stereocenters. The van der Waals surface area contributed by atoms with E-state index in [1.807, 2.05) is 52.0 Å². The van der Waals surface area contributed by atoms with E-state index in [1.165, 1.54) is 0 Å². The van der Waals surface area contributed by atoms with Crippen LogP contribution in [0.25, 0.3) is 11.3 Å². The third-order valence-electron chi connectivity index (χ3n) is 4.26. The van der Waals surface area contributed by atoms with Crippen LogP contribution in [0.3, 0.4) is 0 Å². The molecule has 1 fully saturated rings. The van der Waals surface area contributed by atoms with E-state index in [2.05, 4.69) is 5.16 Å². The summed E-state index contributed by atoms with van der Waals surface area (Å²) in [4.78, 5) is 0. The Morgan fingerprint density at radius 1 is 1.00 bits per heavy atom. The molecule has 0 amide bonds. The SMILES string of the molecule is CC1(C)OB(c2ccc(-c3cc(N)on3)cc2)OC1(C)C. The highest BCUT2D eigenvalue weighted by molar-refractivity contribution is 6.62. The van der Waals surface area contributed by atoms with E-state index < -0.39 is 0 Å². The predicted molar refractivity (Wildman–Crippen MR) is 82.1 cm³/mol. The van der Waals surface area contributed by atoms with Crippen molar-refractivity contribution in [3.8, 4) is 11.3 Å². The summed E-state index contributed by atoms with van der Waals surface area (Å²) in [5, 5.41) is 3.90. The van der Waals surface area contributed by atoms with Gasteiger partial charge in [0.05, 0.1) is 11.2 Å². The van der Waals surface area contributed by atoms with Crippen LogP contribution in [0.15, 0.2) is 34.9 Å². The first kappa shape index (κ1) is 14.2. The van der Waals surface area contributed by atoms with E-state index >= 15 is 0 Å². The van der Waals surface area contributed by atoms with Crippen LogP contribution >= 0.6 is 0 Å². The van der Waals surface area contributed by atoms with Crippen molar-refractivity contribution in [2.24, 2.45) is 0 Å². The van der Waals surface area contributed by atoms with E-state index in [1.54, 1.807) is 6.07 Å². The van der Waals surface area contributed by atoms with Crippen molar-refractivity contribution in [1.29, 1.82) is 0 Å². The fourth-order valence-electron chi connectivity index (χ4n) is 2.22. The van der Waals surface area contributed by atoms with Gasteiger partial charge in [0.1, 0.15) is 5.69 Å². The van der Waals surface area contributed by atoms with Gasteiger partial charge in [0.15, 0.2) is 0 Å². The first-order valence-corrected chi connectivity index (χ1v) is 6.97. The molecule has 1 saturated heterocycles. The number of hydrogen-bond acceptors (Lipinski definition) is 5. The fourth-order valence-corrected chi connectivity index (χ4v) is 2.22. The van der Waals surface area contributed by atoms with Gasteiger partial charge in [-0.3, -0.25) is 0 Å². The zero-order valence-electron chi connectivity index (χ0n) is 12.7. The largest absolute Gasteiger partial charge is 0.494 e. The molecule has 110 valence electrons. The lowest BCUT2D eigenvalue weighted by atomic mass is 9.79. The highest BCUT2D eigenvalue weighted by Crippen LogP contribution is 2.36. The summed E-state index contributed by atoms with van der Waals surface area (Å²) < 4.78 is 16.9. The highest BCUT2D eigenvalue weighted by Gasteiger charge is 2.51. The predicted octanol–water partition coefficient (Wildman–Crippen LogP) is 2.22. The second-order valence-electron chi connectivity index (χ2n) is 6.32. The molecule has 2 heterocycles. The van der Waals surface area contributed by atoms with Crippen LogP contribution in [0.2, 0.25) is 0 Å². The zero-order chi connectivity index (χ0) is 15.3. The Morgan fingerprint density at radius 2 is 1.57 bits per heavy atom. The molecule has 2 N–H and O–H groups in total. The molecule has 1 aliphatic rings. The summed E-state index contributed by atoms with van der Waals surface area (Å²) in [5.41, 5.74) is 7.50. The number of nitrogens with two attached hydrogens (primary N) is 1. The number of nitrogen functional groups attached to an aromatic ring is 1. The number of rotatable bonds is 2. The quantitative estimate of drug-likeness (QED) is 0.857. The number of aromatic nitrogens is 1. The van der Waals surface area contributed by atoms with Crippen molar-refractivity contribution in [2.45, 2.75) is 38.9 Å². The van der Waals surface area contributed by atoms with Gasteiger partial charge in [-0.2, -0.15) is 0 Å². The third kappa shape index (κ3) is 2.45. The topological polar surface area (TPSA) is 70.5 Å². The molecular formula is C15H19BN2O3. The van der Waals surface area contributed by atoms with Crippen LogP contribution in [-0.2, 0) is 9.31 Å². The molecule has 0 radical (unpaired) electrons. The molecule has 1 aromatic heterocycles. The van der Waals surface area contributed by atoms with E-state index in [9.17, 15) is 0 Å². The number of benzene rings is 1. The van der Waals surface area contributed by atoms with Crippen LogP contribution in [-0.4, -0.2) is 23.5 Å². The van der Waals surface area contributed by atoms with E-state index in [-0.39, 0.29) is 18.3 Å². The number of hydrogen-bond donors (Lipinski definition) is 1. The van der Waals surface area contributed by atoms with E-state index in [4.69, 9.17) is 19.6 Å². The molecule has 2 aromatic rings. The molecule has 0 saturated carbocycles. The Hall–Kier alpha value is -1.79. The Balaban J connectivity index is 1.83. The molecular weight excluding hydrogens is 267 g/mol. The third-order valence-corrected chi connectivity index (χ3v) is 4.26. The minimum Gasteiger partial charge on any atom is -0.399 e. The van der Waals surface area contributed by atoms with Crippen molar-refractivity contribution < 1.29 is 13.8 Å². The summed E-state index contributed by atoms with van der Waals surface area (Å²) in [7, 11) is -0.355. The lowest BCUT2D eigenvalue weighted by Gasteiger charge is -2.32. The maximum Gasteiger partial charge on any atom is 0.494 e. The molecule has 6 heteroatoms. The standard InChI is InChI=1S/C15H19BN2O3/c1-14(2)15(3,4)21-16(20-14)11-7-5-10(6-8-11)12-9-13(17)19-18-12/h5-9H,17H2,1-4H3. The Bertz CT molecular complexity index is 633. The lowest BCUT2D eigenvalue weighted by molar-refractivity contribution is 0.00578. The van der Waals surface area contributed by atoms with E-state index in [0.29, 0.717) is 11.6 Å². The average Bonchev–Trinajstić information content (AvgIpc) is 2.92. The normalized spacial score (nSPS) is 19.9. The van der Waals surface area contributed by atoms with Gasteiger partial charge in [-0.1, -0.05) is 29.4 Å². The summed E-state index contributed by atoms with van der Waals surface area (Å²) in [6, 6.07) is 9.56. The monoisotopic (exact) mass is 286 g/mol. The van der Waals surface area contributed by atoms with Crippen molar-refractivity contribution in [3.63, 3.8) is 0 Å². The molecule has 0 spiro atoms. The Kier molecular flexibility index (Phi) is 3.11.